The molecule has 2 atom stereocenters. The smallest absolute Gasteiger partial charge is 0.159 e. The van der Waals surface area contributed by atoms with Crippen LogP contribution in [-0.2, 0) is 17.3 Å². The first-order chi connectivity index (χ1) is 15.0. The van der Waals surface area contributed by atoms with Gasteiger partial charge in [-0.15, -0.1) is 0 Å². The van der Waals surface area contributed by atoms with Crippen LogP contribution in [0.1, 0.15) is 11.1 Å². The van der Waals surface area contributed by atoms with Crippen LogP contribution in [0.25, 0.3) is 16.8 Å². The lowest BCUT2D eigenvalue weighted by molar-refractivity contribution is 0.508. The third-order valence-electron chi connectivity index (χ3n) is 5.09. The van der Waals surface area contributed by atoms with Gasteiger partial charge in [-0.3, -0.25) is 4.78 Å². The fourth-order valence-electron chi connectivity index (χ4n) is 3.58. The molecule has 6 heteroatoms. The van der Waals surface area contributed by atoms with Crippen LogP contribution in [0.15, 0.2) is 89.5 Å². The van der Waals surface area contributed by atoms with E-state index in [4.69, 9.17) is 4.78 Å². The van der Waals surface area contributed by atoms with Gasteiger partial charge in [0.25, 0.3) is 0 Å². The summed E-state index contributed by atoms with van der Waals surface area (Å²) < 4.78 is 39.0. The monoisotopic (exact) mass is 435 g/mol. The maximum absolute atomic E-state index is 13.7. The average molecular weight is 436 g/mol. The summed E-state index contributed by atoms with van der Waals surface area (Å²) in [7, 11) is 0.789. The van der Waals surface area contributed by atoms with Crippen LogP contribution in [0.5, 0.6) is 0 Å². The molecule has 0 saturated heterocycles. The van der Waals surface area contributed by atoms with E-state index in [9.17, 15) is 8.78 Å². The van der Waals surface area contributed by atoms with Crippen LogP contribution >= 0.6 is 0 Å². The van der Waals surface area contributed by atoms with Gasteiger partial charge in [0.05, 0.1) is 4.91 Å². The molecule has 0 amide bonds. The van der Waals surface area contributed by atoms with Crippen molar-refractivity contribution >= 4 is 27.7 Å². The molecule has 3 aromatic rings. The fraction of sp³-hybridized carbons (Fsp3) is 0.120. The number of nitrogens with one attached hydrogen (secondary N) is 3. The van der Waals surface area contributed by atoms with Crippen molar-refractivity contribution in [1.29, 1.82) is 4.78 Å². The molecule has 0 fully saturated rings. The van der Waals surface area contributed by atoms with E-state index < -0.39 is 22.5 Å². The van der Waals surface area contributed by atoms with E-state index in [0.717, 1.165) is 23.0 Å². The Labute approximate surface area is 183 Å². The lowest BCUT2D eigenvalue weighted by Gasteiger charge is -2.16. The van der Waals surface area contributed by atoms with Crippen molar-refractivity contribution in [3.05, 3.63) is 112 Å². The highest BCUT2D eigenvalue weighted by Crippen LogP contribution is 2.24. The molecule has 1 aliphatic rings. The van der Waals surface area contributed by atoms with E-state index in [1.807, 2.05) is 24.3 Å². The SMILES string of the molecule is CN/C=C1\C(=C\c2ccc(F)c(F)c2)C=CC(Cc2ccc3ccccc3c2)NS1=N. The Bertz CT molecular complexity index is 1230. The molecule has 1 heterocycles. The summed E-state index contributed by atoms with van der Waals surface area (Å²) in [6, 6.07) is 18.4. The average Bonchev–Trinajstić information content (AvgIpc) is 2.90. The third kappa shape index (κ3) is 4.98. The van der Waals surface area contributed by atoms with Crippen LogP contribution < -0.4 is 10.0 Å². The molecular weight excluding hydrogens is 412 g/mol. The van der Waals surface area contributed by atoms with Gasteiger partial charge in [0.2, 0.25) is 0 Å². The molecule has 0 aliphatic carbocycles. The van der Waals surface area contributed by atoms with Gasteiger partial charge < -0.3 is 5.32 Å². The van der Waals surface area contributed by atoms with Crippen LogP contribution in [0.4, 0.5) is 8.78 Å². The van der Waals surface area contributed by atoms with Crippen molar-refractivity contribution < 1.29 is 8.78 Å². The first kappa shape index (κ1) is 21.2. The quantitative estimate of drug-likeness (QED) is 0.498. The summed E-state index contributed by atoms with van der Waals surface area (Å²) >= 11 is 0. The standard InChI is InChI=1S/C25H23F2N3S/c1-29-16-25-21(13-18-7-11-23(26)24(27)15-18)9-10-22(30-31(25)28)14-17-6-8-19-4-2-3-5-20(19)12-17/h2-13,15-16,22,29H,14H2,1H3,(H2,28,30)/b21-13+,25-16+. The van der Waals surface area contributed by atoms with Crippen molar-refractivity contribution in [3.63, 3.8) is 0 Å². The Morgan fingerprint density at radius 1 is 1.03 bits per heavy atom. The zero-order chi connectivity index (χ0) is 21.8. The Morgan fingerprint density at radius 3 is 2.61 bits per heavy atom. The highest BCUT2D eigenvalue weighted by Gasteiger charge is 2.18. The molecular formula is C25H23F2N3S. The molecule has 2 unspecified atom stereocenters. The molecule has 0 spiro atoms. The first-order valence-corrected chi connectivity index (χ1v) is 11.2. The Balaban J connectivity index is 1.64. The largest absolute Gasteiger partial charge is 0.393 e. The van der Waals surface area contributed by atoms with Crippen molar-refractivity contribution in [2.45, 2.75) is 12.5 Å². The third-order valence-corrected chi connectivity index (χ3v) is 6.42. The predicted molar refractivity (Wildman–Crippen MR) is 125 cm³/mol. The molecule has 0 aromatic heterocycles. The zero-order valence-corrected chi connectivity index (χ0v) is 17.8. The van der Waals surface area contributed by atoms with Crippen LogP contribution in [0, 0.1) is 16.4 Å². The van der Waals surface area contributed by atoms with Gasteiger partial charge in [-0.25, -0.2) is 13.5 Å². The number of rotatable bonds is 4. The van der Waals surface area contributed by atoms with E-state index in [0.29, 0.717) is 5.56 Å². The van der Waals surface area contributed by atoms with Gasteiger partial charge in [0.15, 0.2) is 11.6 Å². The van der Waals surface area contributed by atoms with Crippen molar-refractivity contribution in [2.24, 2.45) is 0 Å². The summed E-state index contributed by atoms with van der Waals surface area (Å²) in [5, 5.41) is 5.39. The summed E-state index contributed by atoms with van der Waals surface area (Å²) in [6.45, 7) is 0. The summed E-state index contributed by atoms with van der Waals surface area (Å²) in [5.41, 5.74) is 2.52. The molecule has 31 heavy (non-hydrogen) atoms. The number of benzene rings is 3. The van der Waals surface area contributed by atoms with Gasteiger partial charge in [0.1, 0.15) is 0 Å². The summed E-state index contributed by atoms with van der Waals surface area (Å²) in [5.74, 6) is -1.76. The Kier molecular flexibility index (Phi) is 6.39. The van der Waals surface area contributed by atoms with Crippen LogP contribution in [0.2, 0.25) is 0 Å². The van der Waals surface area contributed by atoms with Gasteiger partial charge in [-0.05, 0) is 63.0 Å². The number of fused-ring (bicyclic) bond motifs is 1. The summed E-state index contributed by atoms with van der Waals surface area (Å²) in [6.07, 6.45) is 8.28. The Hall–Kier alpha value is -3.09. The van der Waals surface area contributed by atoms with E-state index in [1.165, 1.54) is 28.5 Å². The van der Waals surface area contributed by atoms with E-state index in [-0.39, 0.29) is 6.04 Å². The lowest BCUT2D eigenvalue weighted by Crippen LogP contribution is -2.30. The molecule has 0 saturated carbocycles. The first-order valence-electron chi connectivity index (χ1n) is 9.95. The van der Waals surface area contributed by atoms with E-state index >= 15 is 0 Å². The predicted octanol–water partition coefficient (Wildman–Crippen LogP) is 5.63. The fourth-order valence-corrected chi connectivity index (χ4v) is 4.77. The molecule has 3 nitrogen and oxygen atoms in total. The van der Waals surface area contributed by atoms with E-state index in [1.54, 1.807) is 19.3 Å². The normalized spacial score (nSPS) is 21.5. The molecule has 0 radical (unpaired) electrons. The number of allylic oxidation sites excluding steroid dienone is 2. The zero-order valence-electron chi connectivity index (χ0n) is 17.0. The molecule has 3 aromatic carbocycles. The molecule has 1 aliphatic heterocycles. The van der Waals surface area contributed by atoms with E-state index in [2.05, 4.69) is 40.4 Å². The minimum Gasteiger partial charge on any atom is -0.393 e. The maximum Gasteiger partial charge on any atom is 0.159 e. The number of hydrogen-bond donors (Lipinski definition) is 3. The number of halogens is 2. The molecule has 158 valence electrons. The van der Waals surface area contributed by atoms with Crippen molar-refractivity contribution in [3.8, 4) is 0 Å². The van der Waals surface area contributed by atoms with Crippen LogP contribution in [0.3, 0.4) is 0 Å². The van der Waals surface area contributed by atoms with Crippen molar-refractivity contribution in [2.75, 3.05) is 7.05 Å². The second kappa shape index (κ2) is 9.37. The van der Waals surface area contributed by atoms with Crippen LogP contribution in [-0.4, -0.2) is 13.1 Å². The second-order valence-electron chi connectivity index (χ2n) is 7.35. The maximum atomic E-state index is 13.7. The van der Waals surface area contributed by atoms with Gasteiger partial charge in [0, 0.05) is 19.3 Å². The highest BCUT2D eigenvalue weighted by atomic mass is 32.2. The number of hydrogen-bond acceptors (Lipinski definition) is 2. The van der Waals surface area contributed by atoms with Gasteiger partial charge in [-0.1, -0.05) is 60.7 Å². The van der Waals surface area contributed by atoms with Crippen molar-refractivity contribution in [1.82, 2.24) is 10.0 Å². The second-order valence-corrected chi connectivity index (χ2v) is 8.63. The lowest BCUT2D eigenvalue weighted by atomic mass is 10.0. The minimum absolute atomic E-state index is 0.0295. The highest BCUT2D eigenvalue weighted by molar-refractivity contribution is 7.88. The molecule has 4 rings (SSSR count). The van der Waals surface area contributed by atoms with Gasteiger partial charge in [-0.2, -0.15) is 0 Å². The molecule has 0 bridgehead atoms. The Morgan fingerprint density at radius 2 is 1.84 bits per heavy atom. The minimum atomic E-state index is -0.990. The van der Waals surface area contributed by atoms with Gasteiger partial charge >= 0.3 is 0 Å². The summed E-state index contributed by atoms with van der Waals surface area (Å²) in [4.78, 5) is 0.754. The topological polar surface area (TPSA) is 47.9 Å². The molecule has 3 N–H and O–H groups in total.